The van der Waals surface area contributed by atoms with Gasteiger partial charge in [-0.3, -0.25) is 9.59 Å². The number of ether oxygens (including phenoxy) is 6. The fourth-order valence-electron chi connectivity index (χ4n) is 11.4. The van der Waals surface area contributed by atoms with Crippen LogP contribution in [0.5, 0.6) is 0 Å². The number of aliphatic hydroxyl groups is 10. The third-order valence-corrected chi connectivity index (χ3v) is 16.6. The van der Waals surface area contributed by atoms with Crippen LogP contribution in [0.25, 0.3) is 0 Å². The Morgan fingerprint density at radius 1 is 0.464 bits per heavy atom. The van der Waals surface area contributed by atoms with Gasteiger partial charge in [0, 0.05) is 13.3 Å². The zero-order chi connectivity index (χ0) is 61.3. The number of nitrogens with one attached hydrogen (secondary N) is 2. The van der Waals surface area contributed by atoms with E-state index in [1.807, 2.05) is 6.08 Å². The molecule has 3 heterocycles. The molecule has 0 spiro atoms. The Labute approximate surface area is 503 Å². The lowest BCUT2D eigenvalue weighted by molar-refractivity contribution is -0.374. The van der Waals surface area contributed by atoms with Gasteiger partial charge in [0.2, 0.25) is 11.8 Å². The Bertz CT molecular complexity index is 1700. The molecular weight excluding hydrogens is 1080 g/mol. The molecule has 0 bridgehead atoms. The van der Waals surface area contributed by atoms with E-state index in [4.69, 9.17) is 28.4 Å². The number of carbonyl (C=O) groups is 2. The van der Waals surface area contributed by atoms with Crippen LogP contribution in [0.3, 0.4) is 0 Å². The molecule has 17 atom stereocenters. The van der Waals surface area contributed by atoms with E-state index in [0.29, 0.717) is 6.42 Å². The second kappa shape index (κ2) is 46.8. The van der Waals surface area contributed by atoms with Crippen LogP contribution in [-0.2, 0) is 38.0 Å². The van der Waals surface area contributed by atoms with Crippen molar-refractivity contribution >= 4 is 11.8 Å². The zero-order valence-corrected chi connectivity index (χ0v) is 51.7. The predicted molar refractivity (Wildman–Crippen MR) is 321 cm³/mol. The van der Waals surface area contributed by atoms with Gasteiger partial charge in [0.05, 0.1) is 38.6 Å². The fourth-order valence-corrected chi connectivity index (χ4v) is 11.4. The number of hydrogen-bond acceptors (Lipinski definition) is 18. The van der Waals surface area contributed by atoms with Gasteiger partial charge < -0.3 is 90.1 Å². The molecule has 2 amide bonds. The SMILES string of the molecule is CCCCCCCC/C=C\CCCCCCCCCCCCCCCC(=O)N[C@@H](CO[C@@H]1OC(CO)[C@@H](O[C@@H]2OC(CO)[C@H](O[C@@H]3OC(CO)[C@H](O)[C@H](O)C3NC(C)=O)[C@H](O)C2O)[C@H](O)C1O)[C@H](O)/C=C/CCCCCCCCCCCCC. The lowest BCUT2D eigenvalue weighted by Gasteiger charge is -2.48. The summed E-state index contributed by atoms with van der Waals surface area (Å²) in [6.45, 7) is 2.84. The third-order valence-electron chi connectivity index (χ3n) is 16.6. The molecule has 20 nitrogen and oxygen atoms in total. The number of allylic oxidation sites excluding steroid dienone is 3. The molecule has 3 aliphatic rings. The molecule has 3 saturated heterocycles. The highest BCUT2D eigenvalue weighted by Crippen LogP contribution is 2.33. The topological polar surface area (TPSA) is 316 Å². The van der Waals surface area contributed by atoms with E-state index in [1.165, 1.54) is 161 Å². The summed E-state index contributed by atoms with van der Waals surface area (Å²) in [6, 6.07) is -2.41. The van der Waals surface area contributed by atoms with E-state index < -0.39 is 130 Å². The predicted octanol–water partition coefficient (Wildman–Crippen LogP) is 6.86. The minimum absolute atomic E-state index is 0.241. The van der Waals surface area contributed by atoms with Gasteiger partial charge >= 0.3 is 0 Å². The first-order valence-corrected chi connectivity index (χ1v) is 33.1. The molecule has 492 valence electrons. The van der Waals surface area contributed by atoms with E-state index in [2.05, 4.69) is 36.6 Å². The molecular formula is C64H118N2O18. The Morgan fingerprint density at radius 2 is 0.845 bits per heavy atom. The van der Waals surface area contributed by atoms with Gasteiger partial charge in [-0.1, -0.05) is 205 Å². The second-order valence-electron chi connectivity index (χ2n) is 24.0. The van der Waals surface area contributed by atoms with Crippen molar-refractivity contribution in [3.8, 4) is 0 Å². The lowest BCUT2D eigenvalue weighted by atomic mass is 9.95. The van der Waals surface area contributed by atoms with Gasteiger partial charge in [0.1, 0.15) is 73.2 Å². The Morgan fingerprint density at radius 3 is 1.29 bits per heavy atom. The van der Waals surface area contributed by atoms with Crippen LogP contribution in [0.2, 0.25) is 0 Å². The maximum Gasteiger partial charge on any atom is 0.220 e. The zero-order valence-electron chi connectivity index (χ0n) is 51.7. The second-order valence-corrected chi connectivity index (χ2v) is 24.0. The van der Waals surface area contributed by atoms with Crippen molar-refractivity contribution in [1.82, 2.24) is 10.6 Å². The van der Waals surface area contributed by atoms with E-state index in [-0.39, 0.29) is 18.9 Å². The molecule has 0 aromatic heterocycles. The van der Waals surface area contributed by atoms with E-state index in [9.17, 15) is 60.7 Å². The van der Waals surface area contributed by atoms with Crippen molar-refractivity contribution < 1.29 is 89.1 Å². The van der Waals surface area contributed by atoms with Crippen molar-refractivity contribution in [2.75, 3.05) is 26.4 Å². The first-order chi connectivity index (χ1) is 40.7. The number of unbranched alkanes of at least 4 members (excludes halogenated alkanes) is 30. The monoisotopic (exact) mass is 1200 g/mol. The van der Waals surface area contributed by atoms with Crippen LogP contribution >= 0.6 is 0 Å². The molecule has 3 fully saturated rings. The summed E-state index contributed by atoms with van der Waals surface area (Å²) in [5.74, 6) is -0.924. The maximum absolute atomic E-state index is 13.4. The minimum Gasteiger partial charge on any atom is -0.394 e. The molecule has 6 unspecified atom stereocenters. The highest BCUT2D eigenvalue weighted by Gasteiger charge is 2.54. The van der Waals surface area contributed by atoms with Gasteiger partial charge in [-0.15, -0.1) is 0 Å². The Kier molecular flexibility index (Phi) is 42.4. The molecule has 3 rings (SSSR count). The summed E-state index contributed by atoms with van der Waals surface area (Å²) in [5, 5.41) is 114. The number of carbonyl (C=O) groups excluding carboxylic acids is 2. The van der Waals surface area contributed by atoms with Crippen molar-refractivity contribution in [2.24, 2.45) is 0 Å². The van der Waals surface area contributed by atoms with Gasteiger partial charge in [0.15, 0.2) is 18.9 Å². The lowest BCUT2D eigenvalue weighted by Crippen LogP contribution is -2.68. The van der Waals surface area contributed by atoms with Crippen LogP contribution in [0.15, 0.2) is 24.3 Å². The fraction of sp³-hybridized carbons (Fsp3) is 0.906. The molecule has 0 saturated carbocycles. The average molecular weight is 1200 g/mol. The largest absolute Gasteiger partial charge is 0.394 e. The van der Waals surface area contributed by atoms with Gasteiger partial charge in [-0.25, -0.2) is 0 Å². The third kappa shape index (κ3) is 29.9. The summed E-state index contributed by atoms with van der Waals surface area (Å²) < 4.78 is 34.9. The highest BCUT2D eigenvalue weighted by molar-refractivity contribution is 5.76. The maximum atomic E-state index is 13.4. The van der Waals surface area contributed by atoms with Crippen LogP contribution in [0.1, 0.15) is 239 Å². The smallest absolute Gasteiger partial charge is 0.220 e. The normalized spacial score (nSPS) is 29.2. The molecule has 0 aromatic carbocycles. The number of hydrogen-bond donors (Lipinski definition) is 12. The molecule has 84 heavy (non-hydrogen) atoms. The summed E-state index contributed by atoms with van der Waals surface area (Å²) in [7, 11) is 0. The highest BCUT2D eigenvalue weighted by atomic mass is 16.8. The first kappa shape index (κ1) is 76.0. The van der Waals surface area contributed by atoms with Crippen LogP contribution in [-0.4, -0.2) is 194 Å². The van der Waals surface area contributed by atoms with E-state index in [1.54, 1.807) is 6.08 Å². The van der Waals surface area contributed by atoms with Gasteiger partial charge in [0.25, 0.3) is 0 Å². The quantitative estimate of drug-likeness (QED) is 0.0219. The Hall–Kier alpha value is -2.22. The van der Waals surface area contributed by atoms with Crippen LogP contribution in [0.4, 0.5) is 0 Å². The van der Waals surface area contributed by atoms with E-state index >= 15 is 0 Å². The van der Waals surface area contributed by atoms with Gasteiger partial charge in [-0.05, 0) is 44.9 Å². The molecule has 0 aliphatic carbocycles. The number of amides is 2. The molecule has 0 aromatic rings. The average Bonchev–Trinajstić information content (AvgIpc) is 2.16. The summed E-state index contributed by atoms with van der Waals surface area (Å²) in [5.41, 5.74) is 0. The molecule has 12 N–H and O–H groups in total. The van der Waals surface area contributed by atoms with Crippen molar-refractivity contribution in [2.45, 2.75) is 343 Å². The number of rotatable bonds is 49. The van der Waals surface area contributed by atoms with Crippen molar-refractivity contribution in [1.29, 1.82) is 0 Å². The van der Waals surface area contributed by atoms with Gasteiger partial charge in [-0.2, -0.15) is 0 Å². The molecule has 0 radical (unpaired) electrons. The molecule has 3 aliphatic heterocycles. The standard InChI is InChI=1S/C64H118N2O18/c1-4-6-8-10-12-14-16-18-19-20-21-22-23-24-25-26-27-29-31-33-35-37-39-41-52(72)66-47(48(71)40-38-36-34-32-30-28-17-15-13-11-9-7-5-2)45-79-63-58(77)56(75)61(50(43-68)81-63)84-64-59(78)57(76)60(51(44-69)82-64)83-62-53(65-46(3)70)55(74)54(73)49(42-67)80-62/h18-19,38,40,47-51,53-64,67-69,71,73-78H,4-17,20-37,39,41-45H2,1-3H3,(H,65,70)(H,66,72)/b19-18-,40-38+/t47-,48+,49?,50?,51?,53?,54-,55+,56+,57+,58?,59?,60-,61+,62-,63+,64-/m0/s1. The van der Waals surface area contributed by atoms with Crippen LogP contribution in [0, 0.1) is 0 Å². The van der Waals surface area contributed by atoms with E-state index in [0.717, 1.165) is 51.9 Å². The molecule has 20 heteroatoms. The number of aliphatic hydroxyl groups excluding tert-OH is 10. The van der Waals surface area contributed by atoms with Crippen molar-refractivity contribution in [3.05, 3.63) is 24.3 Å². The Balaban J connectivity index is 1.48. The van der Waals surface area contributed by atoms with Crippen molar-refractivity contribution in [3.63, 3.8) is 0 Å². The summed E-state index contributed by atoms with van der Waals surface area (Å²) in [4.78, 5) is 25.4. The first-order valence-electron chi connectivity index (χ1n) is 33.1. The van der Waals surface area contributed by atoms with Crippen LogP contribution < -0.4 is 10.6 Å². The minimum atomic E-state index is -1.99. The summed E-state index contributed by atoms with van der Waals surface area (Å²) >= 11 is 0. The summed E-state index contributed by atoms with van der Waals surface area (Å²) in [6.07, 6.45) is 23.5.